The first-order valence-electron chi connectivity index (χ1n) is 5.61. The number of nitrogens with one attached hydrogen (secondary N) is 1. The second-order valence-corrected chi connectivity index (χ2v) is 5.04. The molecule has 1 rings (SSSR count). The molecule has 17 heavy (non-hydrogen) atoms. The van der Waals surface area contributed by atoms with Crippen LogP contribution < -0.4 is 5.32 Å². The molecule has 1 saturated heterocycles. The third kappa shape index (κ3) is 3.89. The Bertz CT molecular complexity index is 313. The fraction of sp³-hybridized carbons (Fsp3) is 0.818. The topological polar surface area (TPSA) is 84.9 Å². The molecule has 0 radical (unpaired) electrons. The molecule has 1 heterocycles. The average Bonchev–Trinajstić information content (AvgIpc) is 2.36. The Kier molecular flexibility index (Phi) is 3.98. The van der Waals surface area contributed by atoms with Crippen molar-refractivity contribution in [2.45, 2.75) is 52.0 Å². The van der Waals surface area contributed by atoms with Gasteiger partial charge in [-0.25, -0.2) is 9.59 Å². The van der Waals surface area contributed by atoms with Crippen molar-refractivity contribution in [1.82, 2.24) is 5.32 Å². The summed E-state index contributed by atoms with van der Waals surface area (Å²) < 4.78 is 10.4. The first-order chi connectivity index (χ1) is 7.71. The van der Waals surface area contributed by atoms with Crippen LogP contribution in [0, 0.1) is 5.92 Å². The van der Waals surface area contributed by atoms with Gasteiger partial charge in [0, 0.05) is 13.8 Å². The summed E-state index contributed by atoms with van der Waals surface area (Å²) in [7, 11) is 0. The van der Waals surface area contributed by atoms with E-state index in [1.54, 1.807) is 13.8 Å². The van der Waals surface area contributed by atoms with Gasteiger partial charge in [-0.15, -0.1) is 0 Å². The zero-order valence-corrected chi connectivity index (χ0v) is 10.5. The number of cyclic esters (lactones) is 1. The third-order valence-electron chi connectivity index (χ3n) is 2.39. The lowest BCUT2D eigenvalue weighted by Gasteiger charge is -2.23. The molecule has 2 atom stereocenters. The van der Waals surface area contributed by atoms with Crippen molar-refractivity contribution >= 4 is 12.1 Å². The highest BCUT2D eigenvalue weighted by Crippen LogP contribution is 2.27. The Hall–Kier alpha value is -1.30. The molecular formula is C11H19NO5. The van der Waals surface area contributed by atoms with Crippen LogP contribution in [0.1, 0.15) is 34.1 Å². The summed E-state index contributed by atoms with van der Waals surface area (Å²) in [4.78, 5) is 22.3. The van der Waals surface area contributed by atoms with E-state index in [9.17, 15) is 9.59 Å². The maximum Gasteiger partial charge on any atom is 0.404 e. The zero-order chi connectivity index (χ0) is 13.2. The maximum atomic E-state index is 11.6. The number of hydrogen-bond acceptors (Lipinski definition) is 4. The molecule has 6 nitrogen and oxygen atoms in total. The van der Waals surface area contributed by atoms with E-state index in [1.807, 2.05) is 13.8 Å². The Morgan fingerprint density at radius 2 is 2.12 bits per heavy atom. The SMILES string of the molecule is CC(C)C[C@H](NC(=O)O)[C@@H]1OC(C)(C)OC1=O. The number of ether oxygens (including phenoxy) is 2. The van der Waals surface area contributed by atoms with Gasteiger partial charge in [-0.3, -0.25) is 0 Å². The van der Waals surface area contributed by atoms with Gasteiger partial charge in [0.15, 0.2) is 6.10 Å². The largest absolute Gasteiger partial charge is 0.465 e. The quantitative estimate of drug-likeness (QED) is 0.730. The molecule has 2 N–H and O–H groups in total. The van der Waals surface area contributed by atoms with Crippen LogP contribution in [0.15, 0.2) is 0 Å². The summed E-state index contributed by atoms with van der Waals surface area (Å²) >= 11 is 0. The molecule has 0 unspecified atom stereocenters. The molecule has 1 amide bonds. The molecule has 1 aliphatic heterocycles. The first kappa shape index (κ1) is 13.8. The summed E-state index contributed by atoms with van der Waals surface area (Å²) in [5.41, 5.74) is 0. The average molecular weight is 245 g/mol. The fourth-order valence-electron chi connectivity index (χ4n) is 1.85. The normalized spacial score (nSPS) is 24.5. The summed E-state index contributed by atoms with van der Waals surface area (Å²) in [5.74, 6) is -1.27. The van der Waals surface area contributed by atoms with Crippen molar-refractivity contribution in [3.8, 4) is 0 Å². The van der Waals surface area contributed by atoms with E-state index in [0.717, 1.165) is 0 Å². The van der Waals surface area contributed by atoms with E-state index < -0.39 is 30.0 Å². The van der Waals surface area contributed by atoms with E-state index in [4.69, 9.17) is 14.6 Å². The van der Waals surface area contributed by atoms with Crippen LogP contribution in [-0.4, -0.2) is 35.1 Å². The highest BCUT2D eigenvalue weighted by atomic mass is 16.8. The standard InChI is InChI=1S/C11H19NO5/c1-6(2)5-7(12-10(14)15)8-9(13)17-11(3,4)16-8/h6-8,12H,5H2,1-4H3,(H,14,15)/t7-,8-/m0/s1. The van der Waals surface area contributed by atoms with Gasteiger partial charge in [-0.1, -0.05) is 13.8 Å². The van der Waals surface area contributed by atoms with E-state index in [1.165, 1.54) is 0 Å². The van der Waals surface area contributed by atoms with E-state index in [-0.39, 0.29) is 5.92 Å². The number of carbonyl (C=O) groups is 2. The molecule has 0 aromatic rings. The van der Waals surface area contributed by atoms with Crippen molar-refractivity contribution in [2.24, 2.45) is 5.92 Å². The number of carbonyl (C=O) groups excluding carboxylic acids is 1. The first-order valence-corrected chi connectivity index (χ1v) is 5.61. The zero-order valence-electron chi connectivity index (χ0n) is 10.5. The molecule has 0 saturated carbocycles. The third-order valence-corrected chi connectivity index (χ3v) is 2.39. The number of hydrogen-bond donors (Lipinski definition) is 2. The van der Waals surface area contributed by atoms with Crippen LogP contribution in [0.4, 0.5) is 4.79 Å². The number of rotatable bonds is 4. The Labute approximate surface area is 100 Å². The van der Waals surface area contributed by atoms with Gasteiger partial charge in [-0.05, 0) is 12.3 Å². The predicted molar refractivity (Wildman–Crippen MR) is 59.4 cm³/mol. The lowest BCUT2D eigenvalue weighted by Crippen LogP contribution is -2.46. The van der Waals surface area contributed by atoms with Gasteiger partial charge < -0.3 is 19.9 Å². The minimum Gasteiger partial charge on any atom is -0.465 e. The second-order valence-electron chi connectivity index (χ2n) is 5.04. The van der Waals surface area contributed by atoms with Crippen LogP contribution in [-0.2, 0) is 14.3 Å². The summed E-state index contributed by atoms with van der Waals surface area (Å²) in [5, 5.41) is 11.1. The van der Waals surface area contributed by atoms with E-state index in [0.29, 0.717) is 6.42 Å². The number of esters is 1. The van der Waals surface area contributed by atoms with Crippen molar-refractivity contribution in [3.63, 3.8) is 0 Å². The number of amides is 1. The molecule has 1 aliphatic rings. The molecule has 0 spiro atoms. The van der Waals surface area contributed by atoms with E-state index in [2.05, 4.69) is 5.32 Å². The summed E-state index contributed by atoms with van der Waals surface area (Å²) in [6, 6.07) is -0.582. The Morgan fingerprint density at radius 1 is 1.53 bits per heavy atom. The molecule has 98 valence electrons. The summed E-state index contributed by atoms with van der Waals surface area (Å²) in [6.45, 7) is 7.14. The van der Waals surface area contributed by atoms with Gasteiger partial charge >= 0.3 is 12.1 Å². The van der Waals surface area contributed by atoms with Crippen LogP contribution in [0.5, 0.6) is 0 Å². The molecule has 0 aromatic carbocycles. The molecule has 6 heteroatoms. The van der Waals surface area contributed by atoms with Crippen molar-refractivity contribution in [2.75, 3.05) is 0 Å². The van der Waals surface area contributed by atoms with E-state index >= 15 is 0 Å². The molecule has 0 aliphatic carbocycles. The highest BCUT2D eigenvalue weighted by Gasteiger charge is 2.45. The molecule has 1 fully saturated rings. The van der Waals surface area contributed by atoms with Crippen molar-refractivity contribution in [1.29, 1.82) is 0 Å². The number of carboxylic acid groups (broad SMARTS) is 1. The molecular weight excluding hydrogens is 226 g/mol. The molecule has 0 bridgehead atoms. The smallest absolute Gasteiger partial charge is 0.404 e. The van der Waals surface area contributed by atoms with Gasteiger partial charge in [0.2, 0.25) is 5.79 Å². The van der Waals surface area contributed by atoms with Gasteiger partial charge in [-0.2, -0.15) is 0 Å². The van der Waals surface area contributed by atoms with Crippen LogP contribution >= 0.6 is 0 Å². The Balaban J connectivity index is 2.76. The van der Waals surface area contributed by atoms with Gasteiger partial charge in [0.1, 0.15) is 0 Å². The van der Waals surface area contributed by atoms with Gasteiger partial charge in [0.25, 0.3) is 0 Å². The fourth-order valence-corrected chi connectivity index (χ4v) is 1.85. The monoisotopic (exact) mass is 245 g/mol. The van der Waals surface area contributed by atoms with Crippen molar-refractivity contribution < 1.29 is 24.2 Å². The van der Waals surface area contributed by atoms with Crippen LogP contribution in [0.3, 0.4) is 0 Å². The highest BCUT2D eigenvalue weighted by molar-refractivity contribution is 5.78. The Morgan fingerprint density at radius 3 is 2.47 bits per heavy atom. The summed E-state index contributed by atoms with van der Waals surface area (Å²) in [6.07, 6.45) is -1.53. The lowest BCUT2D eigenvalue weighted by molar-refractivity contribution is -0.161. The minimum absolute atomic E-state index is 0.243. The second kappa shape index (κ2) is 4.91. The van der Waals surface area contributed by atoms with Gasteiger partial charge in [0.05, 0.1) is 6.04 Å². The van der Waals surface area contributed by atoms with Crippen LogP contribution in [0.2, 0.25) is 0 Å². The van der Waals surface area contributed by atoms with Crippen molar-refractivity contribution in [3.05, 3.63) is 0 Å². The molecule has 0 aromatic heterocycles. The maximum absolute atomic E-state index is 11.6. The predicted octanol–water partition coefficient (Wildman–Crippen LogP) is 1.35. The van der Waals surface area contributed by atoms with Crippen LogP contribution in [0.25, 0.3) is 0 Å². The minimum atomic E-state index is -1.17. The lowest BCUT2D eigenvalue weighted by atomic mass is 9.99.